The average molecular weight is 288 g/mol. The summed E-state index contributed by atoms with van der Waals surface area (Å²) in [5.41, 5.74) is 8.36. The van der Waals surface area contributed by atoms with Crippen LogP contribution in [0, 0.1) is 5.41 Å². The van der Waals surface area contributed by atoms with Gasteiger partial charge in [-0.15, -0.1) is 0 Å². The molecular formula is C19H32N2. The normalized spacial score (nSPS) is 20.3. The molecule has 1 aliphatic rings. The van der Waals surface area contributed by atoms with Crippen LogP contribution in [0.25, 0.3) is 0 Å². The van der Waals surface area contributed by atoms with Crippen molar-refractivity contribution in [3.05, 3.63) is 35.9 Å². The molecule has 0 amide bonds. The third kappa shape index (κ3) is 4.82. The first-order valence-corrected chi connectivity index (χ1v) is 8.69. The molecule has 0 saturated carbocycles. The van der Waals surface area contributed by atoms with Crippen LogP contribution in [0.5, 0.6) is 0 Å². The molecule has 0 aromatic heterocycles. The van der Waals surface area contributed by atoms with Gasteiger partial charge in [0, 0.05) is 12.6 Å². The molecule has 2 N–H and O–H groups in total. The first-order chi connectivity index (χ1) is 10.2. The van der Waals surface area contributed by atoms with E-state index in [9.17, 15) is 0 Å². The van der Waals surface area contributed by atoms with Crippen LogP contribution >= 0.6 is 0 Å². The number of rotatable bonds is 7. The summed E-state index contributed by atoms with van der Waals surface area (Å²) in [5.74, 6) is 0. The summed E-state index contributed by atoms with van der Waals surface area (Å²) in [6, 6.07) is 11.0. The van der Waals surface area contributed by atoms with Gasteiger partial charge in [0.25, 0.3) is 0 Å². The van der Waals surface area contributed by atoms with E-state index in [0.29, 0.717) is 11.5 Å². The molecule has 1 aromatic carbocycles. The number of nitrogens with two attached hydrogens (primary N) is 1. The fourth-order valence-electron chi connectivity index (χ4n) is 3.59. The second kappa shape index (κ2) is 7.95. The highest BCUT2D eigenvalue weighted by molar-refractivity contribution is 5.14. The van der Waals surface area contributed by atoms with Crippen molar-refractivity contribution in [3.63, 3.8) is 0 Å². The van der Waals surface area contributed by atoms with E-state index in [2.05, 4.69) is 49.1 Å². The Kier molecular flexibility index (Phi) is 6.25. The zero-order valence-corrected chi connectivity index (χ0v) is 13.9. The van der Waals surface area contributed by atoms with Crippen molar-refractivity contribution < 1.29 is 0 Å². The lowest BCUT2D eigenvalue weighted by Gasteiger charge is -2.41. The van der Waals surface area contributed by atoms with Gasteiger partial charge >= 0.3 is 0 Å². The van der Waals surface area contributed by atoms with E-state index in [1.165, 1.54) is 44.3 Å². The Bertz CT molecular complexity index is 387. The number of hydrogen-bond acceptors (Lipinski definition) is 2. The Labute approximate surface area is 130 Å². The molecule has 0 bridgehead atoms. The largest absolute Gasteiger partial charge is 0.327 e. The molecule has 1 unspecified atom stereocenters. The first kappa shape index (κ1) is 16.5. The molecule has 21 heavy (non-hydrogen) atoms. The molecular weight excluding hydrogens is 256 g/mol. The van der Waals surface area contributed by atoms with Gasteiger partial charge < -0.3 is 10.6 Å². The number of aryl methyl sites for hydroxylation is 1. The molecule has 2 rings (SSSR count). The van der Waals surface area contributed by atoms with Gasteiger partial charge in [0.2, 0.25) is 0 Å². The number of piperidine rings is 1. The Morgan fingerprint density at radius 3 is 2.29 bits per heavy atom. The van der Waals surface area contributed by atoms with E-state index in [1.54, 1.807) is 0 Å². The Morgan fingerprint density at radius 2 is 1.71 bits per heavy atom. The Balaban J connectivity index is 1.71. The predicted molar refractivity (Wildman–Crippen MR) is 91.4 cm³/mol. The summed E-state index contributed by atoms with van der Waals surface area (Å²) in [6.07, 6.45) is 7.56. The van der Waals surface area contributed by atoms with Crippen LogP contribution < -0.4 is 5.73 Å². The van der Waals surface area contributed by atoms with Crippen molar-refractivity contribution in [2.75, 3.05) is 19.6 Å². The van der Waals surface area contributed by atoms with E-state index < -0.39 is 0 Å². The molecule has 1 fully saturated rings. The van der Waals surface area contributed by atoms with Crippen LogP contribution in [-0.4, -0.2) is 30.6 Å². The lowest BCUT2D eigenvalue weighted by molar-refractivity contribution is 0.0908. The minimum Gasteiger partial charge on any atom is -0.327 e. The smallest absolute Gasteiger partial charge is 0.0170 e. The monoisotopic (exact) mass is 288 g/mol. The van der Waals surface area contributed by atoms with E-state index in [4.69, 9.17) is 5.73 Å². The highest BCUT2D eigenvalue weighted by atomic mass is 15.1. The van der Waals surface area contributed by atoms with E-state index in [-0.39, 0.29) is 0 Å². The van der Waals surface area contributed by atoms with Gasteiger partial charge in [-0.05, 0) is 49.8 Å². The van der Waals surface area contributed by atoms with Crippen molar-refractivity contribution in [1.29, 1.82) is 0 Å². The van der Waals surface area contributed by atoms with Crippen LogP contribution in [-0.2, 0) is 6.42 Å². The molecule has 1 aliphatic heterocycles. The number of hydrogen-bond donors (Lipinski definition) is 1. The molecule has 1 atom stereocenters. The van der Waals surface area contributed by atoms with Crippen LogP contribution in [0.15, 0.2) is 30.3 Å². The lowest BCUT2D eigenvalue weighted by Crippen LogP contribution is -2.45. The Morgan fingerprint density at radius 1 is 1.10 bits per heavy atom. The molecule has 1 heterocycles. The number of benzene rings is 1. The SMILES string of the molecule is CCC1(CC)CCN(CC(N)CCc2ccccc2)CC1. The predicted octanol–water partition coefficient (Wildman–Crippen LogP) is 3.85. The molecule has 1 aromatic rings. The second-order valence-electron chi connectivity index (χ2n) is 6.79. The van der Waals surface area contributed by atoms with E-state index >= 15 is 0 Å². The molecule has 0 radical (unpaired) electrons. The molecule has 0 aliphatic carbocycles. The third-order valence-electron chi connectivity index (χ3n) is 5.56. The molecule has 0 spiro atoms. The molecule has 118 valence electrons. The minimum absolute atomic E-state index is 0.306. The van der Waals surface area contributed by atoms with Gasteiger partial charge in [-0.25, -0.2) is 0 Å². The Hall–Kier alpha value is -0.860. The van der Waals surface area contributed by atoms with Gasteiger partial charge in [0.1, 0.15) is 0 Å². The maximum atomic E-state index is 6.34. The third-order valence-corrected chi connectivity index (χ3v) is 5.56. The van der Waals surface area contributed by atoms with Gasteiger partial charge in [-0.1, -0.05) is 57.0 Å². The summed E-state index contributed by atoms with van der Waals surface area (Å²) in [6.45, 7) is 8.24. The summed E-state index contributed by atoms with van der Waals surface area (Å²) in [5, 5.41) is 0. The molecule has 2 heteroatoms. The summed E-state index contributed by atoms with van der Waals surface area (Å²) >= 11 is 0. The maximum Gasteiger partial charge on any atom is 0.0170 e. The maximum absolute atomic E-state index is 6.34. The topological polar surface area (TPSA) is 29.3 Å². The highest BCUT2D eigenvalue weighted by Gasteiger charge is 2.31. The van der Waals surface area contributed by atoms with Crippen LogP contribution in [0.3, 0.4) is 0 Å². The quantitative estimate of drug-likeness (QED) is 0.826. The fraction of sp³-hybridized carbons (Fsp3) is 0.684. The summed E-state index contributed by atoms with van der Waals surface area (Å²) in [7, 11) is 0. The second-order valence-corrected chi connectivity index (χ2v) is 6.79. The van der Waals surface area contributed by atoms with Crippen molar-refractivity contribution in [2.24, 2.45) is 11.1 Å². The summed E-state index contributed by atoms with van der Waals surface area (Å²) in [4.78, 5) is 2.58. The number of likely N-dealkylation sites (tertiary alicyclic amines) is 1. The zero-order valence-electron chi connectivity index (χ0n) is 13.9. The van der Waals surface area contributed by atoms with Crippen molar-refractivity contribution in [2.45, 2.75) is 58.4 Å². The van der Waals surface area contributed by atoms with Gasteiger partial charge in [0.15, 0.2) is 0 Å². The average Bonchev–Trinajstić information content (AvgIpc) is 2.55. The fourth-order valence-corrected chi connectivity index (χ4v) is 3.59. The van der Waals surface area contributed by atoms with Crippen molar-refractivity contribution in [1.82, 2.24) is 4.90 Å². The van der Waals surface area contributed by atoms with Gasteiger partial charge in [0.05, 0.1) is 0 Å². The lowest BCUT2D eigenvalue weighted by atomic mass is 9.74. The summed E-state index contributed by atoms with van der Waals surface area (Å²) < 4.78 is 0. The molecule has 1 saturated heterocycles. The zero-order chi connectivity index (χ0) is 15.1. The van der Waals surface area contributed by atoms with E-state index in [0.717, 1.165) is 19.4 Å². The van der Waals surface area contributed by atoms with Crippen molar-refractivity contribution in [3.8, 4) is 0 Å². The van der Waals surface area contributed by atoms with Gasteiger partial charge in [-0.3, -0.25) is 0 Å². The van der Waals surface area contributed by atoms with Crippen molar-refractivity contribution >= 4 is 0 Å². The van der Waals surface area contributed by atoms with Crippen LogP contribution in [0.2, 0.25) is 0 Å². The molecule has 2 nitrogen and oxygen atoms in total. The first-order valence-electron chi connectivity index (χ1n) is 8.69. The van der Waals surface area contributed by atoms with Crippen LogP contribution in [0.4, 0.5) is 0 Å². The van der Waals surface area contributed by atoms with Crippen LogP contribution in [0.1, 0.15) is 51.5 Å². The van der Waals surface area contributed by atoms with Gasteiger partial charge in [-0.2, -0.15) is 0 Å². The minimum atomic E-state index is 0.306. The van der Waals surface area contributed by atoms with E-state index in [1.807, 2.05) is 0 Å². The number of nitrogens with zero attached hydrogens (tertiary/aromatic N) is 1. The highest BCUT2D eigenvalue weighted by Crippen LogP contribution is 2.37. The standard InChI is InChI=1S/C19H32N2/c1-3-19(4-2)12-14-21(15-13-19)16-18(20)11-10-17-8-6-5-7-9-17/h5-9,18H,3-4,10-16,20H2,1-2H3.